The number of methoxy groups -OCH3 is 1. The van der Waals surface area contributed by atoms with Crippen LogP contribution in [0, 0.1) is 0 Å². The lowest BCUT2D eigenvalue weighted by atomic mass is 10.0. The molecule has 1 fully saturated rings. The van der Waals surface area contributed by atoms with E-state index in [1.54, 1.807) is 7.11 Å². The summed E-state index contributed by atoms with van der Waals surface area (Å²) in [5.74, 6) is -0.0294. The topological polar surface area (TPSA) is 66.4 Å². The third kappa shape index (κ3) is 5.70. The van der Waals surface area contributed by atoms with E-state index in [0.717, 1.165) is 51.9 Å². The molecule has 0 bridgehead atoms. The van der Waals surface area contributed by atoms with Crippen molar-refractivity contribution in [1.82, 2.24) is 24.3 Å². The number of carbonyl (C=O) groups is 1. The number of benzene rings is 3. The fraction of sp³-hybridized carbons (Fsp3) is 0.273. The molecule has 7 nitrogen and oxygen atoms in total. The predicted molar refractivity (Wildman–Crippen MR) is 169 cm³/mol. The van der Waals surface area contributed by atoms with Crippen molar-refractivity contribution in [1.29, 1.82) is 0 Å². The Hall–Kier alpha value is -3.62. The highest BCUT2D eigenvalue weighted by Crippen LogP contribution is 2.40. The fourth-order valence-electron chi connectivity index (χ4n) is 5.80. The van der Waals surface area contributed by atoms with Gasteiger partial charge >= 0.3 is 0 Å². The van der Waals surface area contributed by atoms with Crippen molar-refractivity contribution in [3.63, 3.8) is 0 Å². The van der Waals surface area contributed by atoms with Gasteiger partial charge in [-0.05, 0) is 43.3 Å². The molecule has 0 aliphatic carbocycles. The van der Waals surface area contributed by atoms with Gasteiger partial charge in [0.15, 0.2) is 0 Å². The van der Waals surface area contributed by atoms with E-state index in [9.17, 15) is 4.79 Å². The van der Waals surface area contributed by atoms with Crippen molar-refractivity contribution < 1.29 is 9.53 Å². The second-order valence-corrected chi connectivity index (χ2v) is 11.7. The Bertz CT molecular complexity index is 1700. The van der Waals surface area contributed by atoms with E-state index in [1.807, 2.05) is 84.0 Å². The molecule has 9 heteroatoms. The summed E-state index contributed by atoms with van der Waals surface area (Å²) in [5.41, 5.74) is 5.93. The largest absolute Gasteiger partial charge is 0.383 e. The molecule has 0 spiro atoms. The highest BCUT2D eigenvalue weighted by atomic mass is 35.5. The molecule has 3 heterocycles. The first-order chi connectivity index (χ1) is 20.4. The van der Waals surface area contributed by atoms with Crippen LogP contribution in [0.25, 0.3) is 33.4 Å². The van der Waals surface area contributed by atoms with Crippen molar-refractivity contribution in [3.05, 3.63) is 100 Å². The molecule has 0 saturated carbocycles. The predicted octanol–water partition coefficient (Wildman–Crippen LogP) is 6.85. The van der Waals surface area contributed by atoms with Crippen LogP contribution in [0.3, 0.4) is 0 Å². The van der Waals surface area contributed by atoms with Gasteiger partial charge in [0.05, 0.1) is 24.3 Å². The van der Waals surface area contributed by atoms with Crippen molar-refractivity contribution in [2.75, 3.05) is 40.4 Å². The summed E-state index contributed by atoms with van der Waals surface area (Å²) in [5, 5.41) is 2.21. The molecule has 216 valence electrons. The minimum Gasteiger partial charge on any atom is -0.383 e. The van der Waals surface area contributed by atoms with Gasteiger partial charge in [0.2, 0.25) is 0 Å². The van der Waals surface area contributed by atoms with Crippen molar-refractivity contribution in [3.8, 4) is 22.5 Å². The van der Waals surface area contributed by atoms with Gasteiger partial charge in [-0.3, -0.25) is 9.69 Å². The maximum Gasteiger partial charge on any atom is 0.271 e. The molecule has 3 aromatic carbocycles. The van der Waals surface area contributed by atoms with E-state index in [4.69, 9.17) is 32.9 Å². The fourth-order valence-corrected chi connectivity index (χ4v) is 6.09. The number of fused-ring (bicyclic) bond motifs is 1. The Balaban J connectivity index is 1.47. The first-order valence-corrected chi connectivity index (χ1v) is 14.8. The number of nitrogens with one attached hydrogen (secondary N) is 1. The summed E-state index contributed by atoms with van der Waals surface area (Å²) < 4.78 is 7.39. The lowest BCUT2D eigenvalue weighted by Gasteiger charge is -2.24. The molecule has 1 aliphatic rings. The third-order valence-corrected chi connectivity index (χ3v) is 8.57. The number of rotatable bonds is 9. The van der Waals surface area contributed by atoms with E-state index < -0.39 is 0 Å². The monoisotopic (exact) mass is 601 g/mol. The molecular formula is C33H33Cl2N5O2. The van der Waals surface area contributed by atoms with Gasteiger partial charge in [-0.2, -0.15) is 0 Å². The van der Waals surface area contributed by atoms with Gasteiger partial charge in [0, 0.05) is 71.4 Å². The van der Waals surface area contributed by atoms with Crippen LogP contribution in [-0.2, 0) is 11.3 Å². The van der Waals surface area contributed by atoms with Crippen molar-refractivity contribution >= 4 is 40.0 Å². The Labute approximate surface area is 255 Å². The van der Waals surface area contributed by atoms with E-state index in [0.29, 0.717) is 42.0 Å². The molecule has 1 saturated heterocycles. The number of nitrogens with zero attached hydrogens (tertiary/aromatic N) is 4. The van der Waals surface area contributed by atoms with Crippen molar-refractivity contribution in [2.45, 2.75) is 19.0 Å². The van der Waals surface area contributed by atoms with E-state index in [1.165, 1.54) is 0 Å². The number of hydrogen-bond donors (Lipinski definition) is 1. The number of carbonyl (C=O) groups excluding carboxylic acids is 1. The zero-order valence-electron chi connectivity index (χ0n) is 23.7. The second-order valence-electron chi connectivity index (χ2n) is 10.8. The van der Waals surface area contributed by atoms with E-state index in [-0.39, 0.29) is 11.9 Å². The molecule has 1 N–H and O–H groups in total. The van der Waals surface area contributed by atoms with Crippen molar-refractivity contribution in [2.24, 2.45) is 0 Å². The molecular weight excluding hydrogens is 569 g/mol. The van der Waals surface area contributed by atoms with Crippen LogP contribution in [0.2, 0.25) is 10.0 Å². The Kier molecular flexibility index (Phi) is 8.36. The quantitative estimate of drug-likeness (QED) is 0.201. The number of ether oxygens (including phenoxy) is 1. The minimum atomic E-state index is -0.0294. The van der Waals surface area contributed by atoms with Crippen LogP contribution in [0.4, 0.5) is 0 Å². The molecule has 1 amide bonds. The molecule has 0 unspecified atom stereocenters. The molecule has 6 rings (SSSR count). The number of aromatic nitrogens is 3. The smallest absolute Gasteiger partial charge is 0.271 e. The standard InChI is InChI=1S/C33H33Cl2N5O2/c1-38(16-17-42-2)26-14-15-39(20-26)33(41)31-29(27-13-12-25(35)18-28(27)37-31)32-30(23-6-4-3-5-7-23)36-21-40(32)19-22-8-10-24(34)11-9-22/h3-13,18,21,26,37H,14-17,19-20H2,1-2H3/t26-/m0/s1. The number of aromatic amines is 1. The van der Waals surface area contributed by atoms with Crippen LogP contribution in [0.15, 0.2) is 79.1 Å². The maximum atomic E-state index is 14.3. The van der Waals surface area contributed by atoms with E-state index >= 15 is 0 Å². The van der Waals surface area contributed by atoms with E-state index in [2.05, 4.69) is 21.5 Å². The SMILES string of the molecule is COCCN(C)[C@H]1CCN(C(=O)c2[nH]c3cc(Cl)ccc3c2-c2c(-c3ccccc3)ncn2Cc2ccc(Cl)cc2)C1. The zero-order chi connectivity index (χ0) is 29.2. The Morgan fingerprint density at radius 3 is 2.60 bits per heavy atom. The molecule has 1 aliphatic heterocycles. The van der Waals surface area contributed by atoms with Gasteiger partial charge in [0.25, 0.3) is 5.91 Å². The molecule has 2 aromatic heterocycles. The van der Waals surface area contributed by atoms with Crippen LogP contribution in [0.5, 0.6) is 0 Å². The lowest BCUT2D eigenvalue weighted by Crippen LogP contribution is -2.38. The number of imidazole rings is 1. The second kappa shape index (κ2) is 12.3. The van der Waals surface area contributed by atoms with Gasteiger partial charge in [-0.25, -0.2) is 4.98 Å². The number of halogens is 2. The molecule has 42 heavy (non-hydrogen) atoms. The summed E-state index contributed by atoms with van der Waals surface area (Å²) in [6.45, 7) is 3.39. The van der Waals surface area contributed by atoms with Gasteiger partial charge in [0.1, 0.15) is 5.69 Å². The zero-order valence-corrected chi connectivity index (χ0v) is 25.2. The highest BCUT2D eigenvalue weighted by molar-refractivity contribution is 6.31. The number of hydrogen-bond acceptors (Lipinski definition) is 4. The number of likely N-dealkylation sites (N-methyl/N-ethyl adjacent to an activating group) is 1. The first kappa shape index (κ1) is 28.5. The number of amides is 1. The normalized spacial score (nSPS) is 15.3. The van der Waals surface area contributed by atoms with Crippen LogP contribution >= 0.6 is 23.2 Å². The third-order valence-electron chi connectivity index (χ3n) is 8.08. The van der Waals surface area contributed by atoms with Gasteiger partial charge in [-0.1, -0.05) is 71.7 Å². The molecule has 1 atom stereocenters. The number of likely N-dealkylation sites (tertiary alicyclic amines) is 1. The average Bonchev–Trinajstić information content (AvgIpc) is 3.74. The average molecular weight is 603 g/mol. The summed E-state index contributed by atoms with van der Waals surface area (Å²) in [6, 6.07) is 23.9. The van der Waals surface area contributed by atoms with Gasteiger partial charge < -0.3 is 19.2 Å². The molecule has 5 aromatic rings. The van der Waals surface area contributed by atoms with Gasteiger partial charge in [-0.15, -0.1) is 0 Å². The first-order valence-electron chi connectivity index (χ1n) is 14.1. The molecule has 0 radical (unpaired) electrons. The van der Waals surface area contributed by atoms with Crippen LogP contribution in [-0.4, -0.2) is 76.7 Å². The minimum absolute atomic E-state index is 0.0294. The summed E-state index contributed by atoms with van der Waals surface area (Å²) in [4.78, 5) is 26.9. The number of H-pyrrole nitrogens is 1. The summed E-state index contributed by atoms with van der Waals surface area (Å²) in [6.07, 6.45) is 2.77. The van der Waals surface area contributed by atoms with Crippen LogP contribution in [0.1, 0.15) is 22.5 Å². The Morgan fingerprint density at radius 2 is 1.83 bits per heavy atom. The lowest BCUT2D eigenvalue weighted by molar-refractivity contribution is 0.0771. The highest BCUT2D eigenvalue weighted by Gasteiger charge is 2.33. The Morgan fingerprint density at radius 1 is 1.07 bits per heavy atom. The van der Waals surface area contributed by atoms with Crippen LogP contribution < -0.4 is 0 Å². The maximum absolute atomic E-state index is 14.3. The summed E-state index contributed by atoms with van der Waals surface area (Å²) >= 11 is 12.6. The summed E-state index contributed by atoms with van der Waals surface area (Å²) in [7, 11) is 3.80.